The molecule has 0 spiro atoms. The standard InChI is InChI=1S/C23H18ClFN4O3/c1-11-21(12(2)32-28-11)16-7-18-15(8-20(16)31-3)22-19(9-26-18)27-23(30)29(22)10-13-4-5-14(24)6-17(13)25/h4-9H,10H2,1-3H3,(H,27,30). The first-order chi connectivity index (χ1) is 15.4. The lowest BCUT2D eigenvalue weighted by Gasteiger charge is -2.12. The Morgan fingerprint density at radius 1 is 1.25 bits per heavy atom. The van der Waals surface area contributed by atoms with Crippen LogP contribution >= 0.6 is 11.6 Å². The summed E-state index contributed by atoms with van der Waals surface area (Å²) in [6.45, 7) is 3.73. The van der Waals surface area contributed by atoms with Gasteiger partial charge in [-0.05, 0) is 38.1 Å². The molecule has 2 aromatic carbocycles. The van der Waals surface area contributed by atoms with Gasteiger partial charge in [0.25, 0.3) is 0 Å². The number of H-pyrrole nitrogens is 1. The molecule has 3 heterocycles. The van der Waals surface area contributed by atoms with Gasteiger partial charge in [0.05, 0.1) is 47.7 Å². The first-order valence-electron chi connectivity index (χ1n) is 9.83. The summed E-state index contributed by atoms with van der Waals surface area (Å²) in [4.78, 5) is 20.1. The van der Waals surface area contributed by atoms with Crippen LogP contribution in [0.2, 0.25) is 5.02 Å². The molecule has 0 saturated carbocycles. The number of methoxy groups -OCH3 is 1. The lowest BCUT2D eigenvalue weighted by atomic mass is 10.0. The third-order valence-electron chi connectivity index (χ3n) is 5.56. The molecule has 3 aromatic heterocycles. The Morgan fingerprint density at radius 3 is 2.75 bits per heavy atom. The molecule has 5 rings (SSSR count). The lowest BCUT2D eigenvalue weighted by Crippen LogP contribution is -2.18. The maximum absolute atomic E-state index is 14.4. The average Bonchev–Trinajstić information content (AvgIpc) is 3.27. The minimum atomic E-state index is -0.476. The molecule has 162 valence electrons. The van der Waals surface area contributed by atoms with Crippen LogP contribution in [0.3, 0.4) is 0 Å². The molecule has 0 fully saturated rings. The molecule has 5 aromatic rings. The Morgan fingerprint density at radius 2 is 2.06 bits per heavy atom. The highest BCUT2D eigenvalue weighted by atomic mass is 35.5. The Balaban J connectivity index is 1.77. The topological polar surface area (TPSA) is 85.9 Å². The Hall–Kier alpha value is -3.65. The van der Waals surface area contributed by atoms with Crippen molar-refractivity contribution in [2.45, 2.75) is 20.4 Å². The highest BCUT2D eigenvalue weighted by Crippen LogP contribution is 2.38. The fourth-order valence-corrected chi connectivity index (χ4v) is 4.23. The molecule has 0 aliphatic carbocycles. The lowest BCUT2D eigenvalue weighted by molar-refractivity contribution is 0.393. The number of nitrogens with zero attached hydrogens (tertiary/aromatic N) is 3. The van der Waals surface area contributed by atoms with Gasteiger partial charge in [0.1, 0.15) is 17.3 Å². The van der Waals surface area contributed by atoms with Crippen molar-refractivity contribution < 1.29 is 13.7 Å². The fourth-order valence-electron chi connectivity index (χ4n) is 4.07. The van der Waals surface area contributed by atoms with E-state index in [2.05, 4.69) is 15.1 Å². The van der Waals surface area contributed by atoms with E-state index in [0.29, 0.717) is 44.0 Å². The largest absolute Gasteiger partial charge is 0.496 e. The van der Waals surface area contributed by atoms with E-state index in [9.17, 15) is 9.18 Å². The summed E-state index contributed by atoms with van der Waals surface area (Å²) in [5, 5.41) is 5.02. The highest BCUT2D eigenvalue weighted by molar-refractivity contribution is 6.30. The predicted octanol–water partition coefficient (Wildman–Crippen LogP) is 5.00. The summed E-state index contributed by atoms with van der Waals surface area (Å²) in [7, 11) is 1.57. The molecule has 0 aliphatic heterocycles. The molecule has 0 atom stereocenters. The monoisotopic (exact) mass is 452 g/mol. The van der Waals surface area contributed by atoms with E-state index in [1.54, 1.807) is 25.4 Å². The number of aromatic amines is 1. The second-order valence-corrected chi connectivity index (χ2v) is 7.98. The minimum Gasteiger partial charge on any atom is -0.496 e. The second kappa shape index (κ2) is 7.49. The number of hydrogen-bond acceptors (Lipinski definition) is 5. The number of fused-ring (bicyclic) bond motifs is 3. The number of aryl methyl sites for hydroxylation is 2. The predicted molar refractivity (Wildman–Crippen MR) is 120 cm³/mol. The van der Waals surface area contributed by atoms with Crippen LogP contribution < -0.4 is 10.4 Å². The summed E-state index contributed by atoms with van der Waals surface area (Å²) < 4.78 is 26.9. The number of ether oxygens (including phenoxy) is 1. The zero-order valence-electron chi connectivity index (χ0n) is 17.5. The van der Waals surface area contributed by atoms with E-state index >= 15 is 0 Å². The number of hydrogen-bond donors (Lipinski definition) is 1. The van der Waals surface area contributed by atoms with Gasteiger partial charge in [-0.25, -0.2) is 9.18 Å². The van der Waals surface area contributed by atoms with Crippen LogP contribution in [0, 0.1) is 19.7 Å². The van der Waals surface area contributed by atoms with E-state index in [1.807, 2.05) is 26.0 Å². The summed E-state index contributed by atoms with van der Waals surface area (Å²) in [5.74, 6) is 0.771. The quantitative estimate of drug-likeness (QED) is 0.414. The molecule has 32 heavy (non-hydrogen) atoms. The van der Waals surface area contributed by atoms with Gasteiger partial charge >= 0.3 is 5.69 Å². The van der Waals surface area contributed by atoms with Crippen LogP contribution in [-0.4, -0.2) is 26.8 Å². The van der Waals surface area contributed by atoms with Crippen LogP contribution in [-0.2, 0) is 6.54 Å². The van der Waals surface area contributed by atoms with Crippen LogP contribution in [0.4, 0.5) is 4.39 Å². The van der Waals surface area contributed by atoms with Crippen molar-refractivity contribution in [2.24, 2.45) is 0 Å². The molecule has 0 bridgehead atoms. The van der Waals surface area contributed by atoms with E-state index in [4.69, 9.17) is 20.9 Å². The van der Waals surface area contributed by atoms with Gasteiger partial charge in [-0.15, -0.1) is 0 Å². The van der Waals surface area contributed by atoms with Crippen molar-refractivity contribution in [2.75, 3.05) is 7.11 Å². The molecule has 0 amide bonds. The number of nitrogens with one attached hydrogen (secondary N) is 1. The van der Waals surface area contributed by atoms with Crippen LogP contribution in [0.25, 0.3) is 33.1 Å². The Bertz CT molecular complexity index is 1550. The number of imidazole rings is 1. The highest BCUT2D eigenvalue weighted by Gasteiger charge is 2.20. The molecular formula is C23H18ClFN4O3. The first kappa shape index (κ1) is 20.3. The first-order valence-corrected chi connectivity index (χ1v) is 10.2. The molecule has 9 heteroatoms. The SMILES string of the molecule is COc1cc2c(cc1-c1c(C)noc1C)ncc1[nH]c(=O)n(Cc3ccc(Cl)cc3F)c12. The fraction of sp³-hybridized carbons (Fsp3) is 0.174. The molecule has 0 saturated heterocycles. The van der Waals surface area contributed by atoms with Gasteiger partial charge in [0, 0.05) is 21.5 Å². The molecule has 0 aliphatic rings. The Kier molecular flexibility index (Phi) is 4.74. The number of pyridine rings is 1. The van der Waals surface area contributed by atoms with Crippen LogP contribution in [0.5, 0.6) is 5.75 Å². The maximum atomic E-state index is 14.4. The second-order valence-electron chi connectivity index (χ2n) is 7.54. The third-order valence-corrected chi connectivity index (χ3v) is 5.80. The smallest absolute Gasteiger partial charge is 0.326 e. The molecule has 7 nitrogen and oxygen atoms in total. The number of rotatable bonds is 4. The number of benzene rings is 2. The van der Waals surface area contributed by atoms with Crippen molar-refractivity contribution >= 4 is 33.5 Å². The van der Waals surface area contributed by atoms with Gasteiger partial charge in [-0.3, -0.25) is 9.55 Å². The third kappa shape index (κ3) is 3.15. The van der Waals surface area contributed by atoms with Crippen molar-refractivity contribution in [1.82, 2.24) is 19.7 Å². The zero-order chi connectivity index (χ0) is 22.6. The van der Waals surface area contributed by atoms with Crippen molar-refractivity contribution in [3.8, 4) is 16.9 Å². The zero-order valence-corrected chi connectivity index (χ0v) is 18.2. The van der Waals surface area contributed by atoms with Crippen molar-refractivity contribution in [3.63, 3.8) is 0 Å². The van der Waals surface area contributed by atoms with Gasteiger partial charge in [-0.1, -0.05) is 22.8 Å². The van der Waals surface area contributed by atoms with Gasteiger partial charge in [0.2, 0.25) is 0 Å². The number of aromatic nitrogens is 4. The maximum Gasteiger partial charge on any atom is 0.326 e. The summed E-state index contributed by atoms with van der Waals surface area (Å²) >= 11 is 5.87. The number of halogens is 2. The summed E-state index contributed by atoms with van der Waals surface area (Å²) in [6, 6.07) is 8.11. The van der Waals surface area contributed by atoms with Crippen molar-refractivity contribution in [1.29, 1.82) is 0 Å². The van der Waals surface area contributed by atoms with Gasteiger partial charge in [-0.2, -0.15) is 0 Å². The van der Waals surface area contributed by atoms with Crippen molar-refractivity contribution in [3.05, 3.63) is 74.9 Å². The van der Waals surface area contributed by atoms with Gasteiger partial charge < -0.3 is 14.2 Å². The molecule has 1 N–H and O–H groups in total. The van der Waals surface area contributed by atoms with Gasteiger partial charge in [0.15, 0.2) is 0 Å². The van der Waals surface area contributed by atoms with E-state index in [0.717, 1.165) is 16.8 Å². The molecule has 0 radical (unpaired) electrons. The van der Waals surface area contributed by atoms with Crippen LogP contribution in [0.15, 0.2) is 45.8 Å². The summed E-state index contributed by atoms with van der Waals surface area (Å²) in [6.07, 6.45) is 1.59. The Labute approximate surface area is 186 Å². The minimum absolute atomic E-state index is 0.0366. The van der Waals surface area contributed by atoms with E-state index in [1.165, 1.54) is 10.6 Å². The van der Waals surface area contributed by atoms with E-state index in [-0.39, 0.29) is 12.2 Å². The average molecular weight is 453 g/mol. The molecular weight excluding hydrogens is 435 g/mol. The molecule has 0 unspecified atom stereocenters. The summed E-state index contributed by atoms with van der Waals surface area (Å²) in [5.41, 5.74) is 4.15. The van der Waals surface area contributed by atoms with Crippen LogP contribution in [0.1, 0.15) is 17.0 Å². The normalized spacial score (nSPS) is 11.5. The van der Waals surface area contributed by atoms with E-state index < -0.39 is 5.82 Å².